The van der Waals surface area contributed by atoms with Gasteiger partial charge in [-0.25, -0.2) is 0 Å². The molecular weight excluding hydrogens is 398 g/mol. The molecule has 0 atom stereocenters. The Bertz CT molecular complexity index is 1010. The summed E-state index contributed by atoms with van der Waals surface area (Å²) in [7, 11) is 1.52. The monoisotopic (exact) mass is 421 g/mol. The molecule has 160 valence electrons. The highest BCUT2D eigenvalue weighted by atomic mass is 16.5. The number of fused-ring (bicyclic) bond motifs is 1. The normalized spacial score (nSPS) is 15.8. The fourth-order valence-corrected chi connectivity index (χ4v) is 3.96. The summed E-state index contributed by atoms with van der Waals surface area (Å²) in [5, 5.41) is 0. The molecule has 0 radical (unpaired) electrons. The fraction of sp³-hybridized carbons (Fsp3) is 0.304. The highest BCUT2D eigenvalue weighted by molar-refractivity contribution is 6.21. The van der Waals surface area contributed by atoms with Crippen LogP contribution in [-0.4, -0.2) is 78.2 Å². The largest absolute Gasteiger partial charge is 0.496 e. The maximum atomic E-state index is 12.8. The van der Waals surface area contributed by atoms with Crippen molar-refractivity contribution < 1.29 is 23.9 Å². The van der Waals surface area contributed by atoms with Crippen LogP contribution < -0.4 is 4.74 Å². The lowest BCUT2D eigenvalue weighted by Crippen LogP contribution is -2.51. The first-order valence-electron chi connectivity index (χ1n) is 10.2. The molecule has 2 heterocycles. The smallest absolute Gasteiger partial charge is 0.261 e. The second-order valence-electron chi connectivity index (χ2n) is 7.43. The molecule has 0 bridgehead atoms. The zero-order valence-corrected chi connectivity index (χ0v) is 17.2. The second kappa shape index (κ2) is 8.59. The third kappa shape index (κ3) is 3.88. The van der Waals surface area contributed by atoms with Gasteiger partial charge in [0.25, 0.3) is 17.7 Å². The molecule has 1 saturated heterocycles. The van der Waals surface area contributed by atoms with E-state index in [1.54, 1.807) is 58.3 Å². The van der Waals surface area contributed by atoms with Gasteiger partial charge in [-0.15, -0.1) is 0 Å². The number of methoxy groups -OCH3 is 1. The quantitative estimate of drug-likeness (QED) is 0.686. The molecule has 8 heteroatoms. The van der Waals surface area contributed by atoms with Crippen molar-refractivity contribution >= 4 is 23.6 Å². The summed E-state index contributed by atoms with van der Waals surface area (Å²) < 4.78 is 5.27. The molecule has 1 fully saturated rings. The summed E-state index contributed by atoms with van der Waals surface area (Å²) in [6.45, 7) is 1.68. The predicted molar refractivity (Wildman–Crippen MR) is 112 cm³/mol. The van der Waals surface area contributed by atoms with Crippen LogP contribution in [0.1, 0.15) is 37.5 Å². The first-order valence-corrected chi connectivity index (χ1v) is 10.2. The summed E-state index contributed by atoms with van der Waals surface area (Å²) in [4.78, 5) is 54.8. The highest BCUT2D eigenvalue weighted by Gasteiger charge is 2.35. The molecule has 31 heavy (non-hydrogen) atoms. The minimum atomic E-state index is -0.361. The molecule has 0 spiro atoms. The van der Waals surface area contributed by atoms with Crippen LogP contribution in [0, 0.1) is 0 Å². The molecule has 0 N–H and O–H groups in total. The third-order valence-electron chi connectivity index (χ3n) is 5.68. The van der Waals surface area contributed by atoms with Gasteiger partial charge in [-0.2, -0.15) is 0 Å². The van der Waals surface area contributed by atoms with E-state index >= 15 is 0 Å². The lowest BCUT2D eigenvalue weighted by molar-refractivity contribution is -0.132. The molecule has 0 aromatic heterocycles. The van der Waals surface area contributed by atoms with Gasteiger partial charge in [0, 0.05) is 39.1 Å². The van der Waals surface area contributed by atoms with Gasteiger partial charge in [-0.3, -0.25) is 24.1 Å². The van der Waals surface area contributed by atoms with E-state index in [1.165, 1.54) is 7.11 Å². The van der Waals surface area contributed by atoms with E-state index < -0.39 is 0 Å². The lowest BCUT2D eigenvalue weighted by Gasteiger charge is -2.35. The molecular formula is C23H23N3O5. The Morgan fingerprint density at radius 3 is 2.00 bits per heavy atom. The van der Waals surface area contributed by atoms with Crippen LogP contribution in [0.15, 0.2) is 48.5 Å². The number of amides is 4. The van der Waals surface area contributed by atoms with Crippen molar-refractivity contribution in [2.45, 2.75) is 6.42 Å². The second-order valence-corrected chi connectivity index (χ2v) is 7.43. The number of carbonyl (C=O) groups excluding carboxylic acids is 4. The van der Waals surface area contributed by atoms with Gasteiger partial charge in [0.05, 0.1) is 23.8 Å². The number of benzene rings is 2. The van der Waals surface area contributed by atoms with Crippen molar-refractivity contribution in [1.82, 2.24) is 14.7 Å². The standard InChI is InChI=1S/C23H23N3O5/c1-31-19-9-5-4-8-18(19)21(28)25-14-12-24(13-15-25)20(27)10-11-26-22(29)16-6-2-3-7-17(16)23(26)30/h2-9H,10-15H2,1H3. The van der Waals surface area contributed by atoms with E-state index in [9.17, 15) is 19.2 Å². The Morgan fingerprint density at radius 1 is 0.839 bits per heavy atom. The van der Waals surface area contributed by atoms with Gasteiger partial charge in [0.2, 0.25) is 5.91 Å². The van der Waals surface area contributed by atoms with Crippen molar-refractivity contribution in [2.24, 2.45) is 0 Å². The Hall–Kier alpha value is -3.68. The number of nitrogens with zero attached hydrogens (tertiary/aromatic N) is 3. The van der Waals surface area contributed by atoms with Crippen LogP contribution in [0.4, 0.5) is 0 Å². The number of ether oxygens (including phenoxy) is 1. The van der Waals surface area contributed by atoms with Crippen molar-refractivity contribution in [3.63, 3.8) is 0 Å². The van der Waals surface area contributed by atoms with E-state index in [2.05, 4.69) is 0 Å². The summed E-state index contributed by atoms with van der Waals surface area (Å²) in [5.41, 5.74) is 1.25. The van der Waals surface area contributed by atoms with E-state index in [-0.39, 0.29) is 36.6 Å². The van der Waals surface area contributed by atoms with Crippen molar-refractivity contribution in [3.8, 4) is 5.75 Å². The topological polar surface area (TPSA) is 87.2 Å². The number of rotatable bonds is 5. The van der Waals surface area contributed by atoms with Gasteiger partial charge >= 0.3 is 0 Å². The van der Waals surface area contributed by atoms with Crippen LogP contribution in [0.3, 0.4) is 0 Å². The van der Waals surface area contributed by atoms with Crippen LogP contribution in [0.2, 0.25) is 0 Å². The third-order valence-corrected chi connectivity index (χ3v) is 5.68. The van der Waals surface area contributed by atoms with Crippen LogP contribution >= 0.6 is 0 Å². The molecule has 2 aliphatic rings. The average molecular weight is 421 g/mol. The van der Waals surface area contributed by atoms with E-state index in [1.807, 2.05) is 0 Å². The van der Waals surface area contributed by atoms with Crippen LogP contribution in [0.25, 0.3) is 0 Å². The molecule has 2 aromatic carbocycles. The SMILES string of the molecule is COc1ccccc1C(=O)N1CCN(C(=O)CCN2C(=O)c3ccccc3C2=O)CC1. The average Bonchev–Trinajstić information content (AvgIpc) is 3.06. The molecule has 2 aromatic rings. The van der Waals surface area contributed by atoms with Gasteiger partial charge in [-0.1, -0.05) is 24.3 Å². The number of para-hydroxylation sites is 1. The lowest BCUT2D eigenvalue weighted by atomic mass is 10.1. The van der Waals surface area contributed by atoms with Crippen molar-refractivity contribution in [3.05, 3.63) is 65.2 Å². The van der Waals surface area contributed by atoms with E-state index in [0.717, 1.165) is 4.90 Å². The Labute approximate surface area is 180 Å². The number of hydrogen-bond donors (Lipinski definition) is 0. The molecule has 8 nitrogen and oxygen atoms in total. The molecule has 4 rings (SSSR count). The zero-order chi connectivity index (χ0) is 22.0. The van der Waals surface area contributed by atoms with Gasteiger partial charge in [-0.05, 0) is 24.3 Å². The van der Waals surface area contributed by atoms with Gasteiger partial charge in [0.1, 0.15) is 5.75 Å². The minimum absolute atomic E-state index is 0.0472. The number of carbonyl (C=O) groups is 4. The summed E-state index contributed by atoms with van der Waals surface area (Å²) in [6, 6.07) is 13.7. The molecule has 0 saturated carbocycles. The maximum Gasteiger partial charge on any atom is 0.261 e. The number of piperazine rings is 1. The molecule has 4 amide bonds. The van der Waals surface area contributed by atoms with Crippen molar-refractivity contribution in [1.29, 1.82) is 0 Å². The zero-order valence-electron chi connectivity index (χ0n) is 17.2. The highest BCUT2D eigenvalue weighted by Crippen LogP contribution is 2.23. The molecule has 0 unspecified atom stereocenters. The summed E-state index contributed by atoms with van der Waals surface area (Å²) in [6.07, 6.45) is 0.0614. The minimum Gasteiger partial charge on any atom is -0.496 e. The first-order chi connectivity index (χ1) is 15.0. The first kappa shape index (κ1) is 20.6. The predicted octanol–water partition coefficient (Wildman–Crippen LogP) is 1.67. The van der Waals surface area contributed by atoms with Crippen LogP contribution in [-0.2, 0) is 4.79 Å². The Balaban J connectivity index is 1.31. The van der Waals surface area contributed by atoms with Crippen LogP contribution in [0.5, 0.6) is 5.75 Å². The van der Waals surface area contributed by atoms with Gasteiger partial charge < -0.3 is 14.5 Å². The van der Waals surface area contributed by atoms with E-state index in [0.29, 0.717) is 48.6 Å². The number of hydrogen-bond acceptors (Lipinski definition) is 5. The maximum absolute atomic E-state index is 12.8. The number of imide groups is 1. The Kier molecular flexibility index (Phi) is 5.70. The summed E-state index contributed by atoms with van der Waals surface area (Å²) >= 11 is 0. The van der Waals surface area contributed by atoms with Gasteiger partial charge in [0.15, 0.2) is 0 Å². The molecule has 2 aliphatic heterocycles. The Morgan fingerprint density at radius 2 is 1.39 bits per heavy atom. The molecule has 0 aliphatic carbocycles. The van der Waals surface area contributed by atoms with E-state index in [4.69, 9.17) is 4.74 Å². The van der Waals surface area contributed by atoms with Crippen molar-refractivity contribution in [2.75, 3.05) is 39.8 Å². The fourth-order valence-electron chi connectivity index (χ4n) is 3.96. The summed E-state index contributed by atoms with van der Waals surface area (Å²) in [5.74, 6) is -0.468.